The Morgan fingerprint density at radius 2 is 1.36 bits per heavy atom. The number of carbonyl (C=O) groups is 1. The number of nitrogens with zero attached hydrogens (tertiary/aromatic N) is 2. The van der Waals surface area contributed by atoms with Crippen LogP contribution in [0.1, 0.15) is 12.5 Å². The lowest BCUT2D eigenvalue weighted by Crippen LogP contribution is -2.28. The molecule has 3 aromatic carbocycles. The Balaban J connectivity index is 1.98. The smallest absolute Gasteiger partial charge is 0.189 e. The van der Waals surface area contributed by atoms with E-state index in [0.29, 0.717) is 11.0 Å². The molecule has 0 aliphatic carbocycles. The minimum absolute atomic E-state index is 0.0854. The molecule has 1 aliphatic rings. The number of carbonyl (C=O) groups excluding carboxylic acids is 1. The lowest BCUT2D eigenvalue weighted by atomic mass is 10.1. The van der Waals surface area contributed by atoms with Crippen LogP contribution in [0.5, 0.6) is 0 Å². The quantitative estimate of drug-likeness (QED) is 0.587. The highest BCUT2D eigenvalue weighted by Crippen LogP contribution is 2.54. The average Bonchev–Trinajstić information content (AvgIpc) is 2.75. The molecule has 0 saturated heterocycles. The SMILES string of the molecule is CC(=O)C1=NN(c2ccccc2)C(c2ccccc2)=CP1(=O)c1ccccc1. The molecule has 0 amide bonds. The van der Waals surface area contributed by atoms with Gasteiger partial charge >= 0.3 is 0 Å². The molecule has 4 nitrogen and oxygen atoms in total. The number of hydrogen-bond donors (Lipinski definition) is 0. The van der Waals surface area contributed by atoms with Gasteiger partial charge in [0.25, 0.3) is 0 Å². The van der Waals surface area contributed by atoms with Crippen molar-refractivity contribution in [1.29, 1.82) is 0 Å². The molecule has 1 heterocycles. The van der Waals surface area contributed by atoms with Crippen molar-refractivity contribution in [3.63, 3.8) is 0 Å². The van der Waals surface area contributed by atoms with Crippen LogP contribution in [0.25, 0.3) is 5.70 Å². The molecule has 0 N–H and O–H groups in total. The van der Waals surface area contributed by atoms with E-state index in [9.17, 15) is 9.36 Å². The third kappa shape index (κ3) is 3.23. The predicted molar refractivity (Wildman–Crippen MR) is 115 cm³/mol. The lowest BCUT2D eigenvalue weighted by molar-refractivity contribution is -0.110. The first kappa shape index (κ1) is 18.1. The van der Waals surface area contributed by atoms with Crippen LogP contribution >= 0.6 is 7.14 Å². The first-order valence-corrected chi connectivity index (χ1v) is 10.8. The van der Waals surface area contributed by atoms with Crippen LogP contribution in [0, 0.1) is 0 Å². The first-order chi connectivity index (χ1) is 13.6. The highest BCUT2D eigenvalue weighted by atomic mass is 31.2. The van der Waals surface area contributed by atoms with Gasteiger partial charge in [-0.2, -0.15) is 5.10 Å². The molecular weight excluding hydrogens is 367 g/mol. The molecule has 4 rings (SSSR count). The molecule has 1 unspecified atom stereocenters. The Kier molecular flexibility index (Phi) is 4.81. The van der Waals surface area contributed by atoms with E-state index in [1.807, 2.05) is 78.9 Å². The highest BCUT2D eigenvalue weighted by Gasteiger charge is 2.38. The van der Waals surface area contributed by atoms with E-state index in [1.54, 1.807) is 23.0 Å². The second-order valence-corrected chi connectivity index (χ2v) is 9.02. The van der Waals surface area contributed by atoms with E-state index >= 15 is 0 Å². The maximum atomic E-state index is 14.1. The van der Waals surface area contributed by atoms with Crippen molar-refractivity contribution in [3.8, 4) is 0 Å². The van der Waals surface area contributed by atoms with Gasteiger partial charge in [0, 0.05) is 23.6 Å². The number of rotatable bonds is 4. The molecule has 28 heavy (non-hydrogen) atoms. The summed E-state index contributed by atoms with van der Waals surface area (Å²) in [7, 11) is -3.31. The van der Waals surface area contributed by atoms with Gasteiger partial charge in [0.15, 0.2) is 18.4 Å². The largest absolute Gasteiger partial charge is 0.307 e. The molecule has 0 radical (unpaired) electrons. The number of anilines is 1. The number of ketones is 1. The van der Waals surface area contributed by atoms with E-state index in [-0.39, 0.29) is 11.2 Å². The van der Waals surface area contributed by atoms with Gasteiger partial charge in [0.05, 0.1) is 11.4 Å². The summed E-state index contributed by atoms with van der Waals surface area (Å²) in [6.45, 7) is 1.42. The van der Waals surface area contributed by atoms with Crippen molar-refractivity contribution in [2.24, 2.45) is 5.10 Å². The van der Waals surface area contributed by atoms with Crippen molar-refractivity contribution in [2.45, 2.75) is 6.92 Å². The summed E-state index contributed by atoms with van der Waals surface area (Å²) in [6, 6.07) is 28.3. The summed E-state index contributed by atoms with van der Waals surface area (Å²) < 4.78 is 14.1. The number of hydrazone groups is 1. The van der Waals surface area contributed by atoms with Crippen LogP contribution in [-0.4, -0.2) is 11.2 Å². The second-order valence-electron chi connectivity index (χ2n) is 6.50. The number of benzene rings is 3. The molecule has 1 aliphatic heterocycles. The monoisotopic (exact) mass is 386 g/mol. The van der Waals surface area contributed by atoms with E-state index in [1.165, 1.54) is 6.92 Å². The molecule has 3 aromatic rings. The zero-order valence-electron chi connectivity index (χ0n) is 15.4. The second kappa shape index (κ2) is 7.41. The molecule has 0 bridgehead atoms. The van der Waals surface area contributed by atoms with Crippen LogP contribution in [0.3, 0.4) is 0 Å². The molecule has 0 spiro atoms. The summed E-state index contributed by atoms with van der Waals surface area (Å²) in [5.41, 5.74) is 2.47. The van der Waals surface area contributed by atoms with Gasteiger partial charge in [-0.05, 0) is 12.1 Å². The van der Waals surface area contributed by atoms with Crippen molar-refractivity contribution in [2.75, 3.05) is 5.01 Å². The highest BCUT2D eigenvalue weighted by molar-refractivity contribution is 7.92. The maximum absolute atomic E-state index is 14.1. The normalized spacial score (nSPS) is 19.0. The zero-order valence-corrected chi connectivity index (χ0v) is 16.3. The van der Waals surface area contributed by atoms with Crippen molar-refractivity contribution < 1.29 is 9.36 Å². The lowest BCUT2D eigenvalue weighted by Gasteiger charge is -2.30. The van der Waals surface area contributed by atoms with E-state index < -0.39 is 7.14 Å². The van der Waals surface area contributed by atoms with Crippen LogP contribution in [0.4, 0.5) is 5.69 Å². The summed E-state index contributed by atoms with van der Waals surface area (Å²) in [6.07, 6.45) is 0. The van der Waals surface area contributed by atoms with E-state index in [2.05, 4.69) is 5.10 Å². The van der Waals surface area contributed by atoms with Crippen LogP contribution < -0.4 is 10.3 Å². The average molecular weight is 386 g/mol. The van der Waals surface area contributed by atoms with Gasteiger partial charge in [0.1, 0.15) is 0 Å². The fourth-order valence-corrected chi connectivity index (χ4v) is 5.65. The zero-order chi connectivity index (χ0) is 19.6. The van der Waals surface area contributed by atoms with E-state index in [4.69, 9.17) is 0 Å². The molecule has 0 fully saturated rings. The fraction of sp³-hybridized carbons (Fsp3) is 0.0435. The summed E-state index contributed by atoms with van der Waals surface area (Å²) in [5, 5.41) is 6.91. The Bertz CT molecular complexity index is 1110. The van der Waals surface area contributed by atoms with Crippen molar-refractivity contribution >= 4 is 35.1 Å². The van der Waals surface area contributed by atoms with Gasteiger partial charge in [0.2, 0.25) is 0 Å². The molecular formula is C23H19N2O2P. The Labute approximate surface area is 164 Å². The number of para-hydroxylation sites is 1. The van der Waals surface area contributed by atoms with Gasteiger partial charge in [-0.15, -0.1) is 0 Å². The molecule has 1 atom stereocenters. The minimum Gasteiger partial charge on any atom is -0.307 e. The summed E-state index contributed by atoms with van der Waals surface area (Å²) >= 11 is 0. The third-order valence-electron chi connectivity index (χ3n) is 4.57. The maximum Gasteiger partial charge on any atom is 0.189 e. The first-order valence-electron chi connectivity index (χ1n) is 8.98. The van der Waals surface area contributed by atoms with Crippen LogP contribution in [0.2, 0.25) is 0 Å². The van der Waals surface area contributed by atoms with Gasteiger partial charge in [-0.3, -0.25) is 4.79 Å². The Morgan fingerprint density at radius 3 is 1.93 bits per heavy atom. The molecule has 0 aromatic heterocycles. The van der Waals surface area contributed by atoms with E-state index in [0.717, 1.165) is 11.3 Å². The third-order valence-corrected chi connectivity index (χ3v) is 7.27. The number of hydrogen-bond acceptors (Lipinski definition) is 4. The topological polar surface area (TPSA) is 49.7 Å². The molecule has 138 valence electrons. The van der Waals surface area contributed by atoms with Gasteiger partial charge in [-0.25, -0.2) is 5.01 Å². The summed E-state index contributed by atoms with van der Waals surface area (Å²) in [5.74, 6) is 1.42. The summed E-state index contributed by atoms with van der Waals surface area (Å²) in [4.78, 5) is 12.4. The van der Waals surface area contributed by atoms with Crippen molar-refractivity contribution in [3.05, 3.63) is 102 Å². The van der Waals surface area contributed by atoms with Crippen LogP contribution in [-0.2, 0) is 9.36 Å². The Morgan fingerprint density at radius 1 is 0.821 bits per heavy atom. The van der Waals surface area contributed by atoms with Crippen molar-refractivity contribution in [1.82, 2.24) is 0 Å². The Hall–Kier alpha value is -3.23. The standard InChI is InChI=1S/C23H19N2O2P/c1-18(26)23-24-25(20-13-7-3-8-14-20)22(19-11-5-2-6-12-19)17-28(23,27)21-15-9-4-10-16-21/h2-17H,1H3. The van der Waals surface area contributed by atoms with Gasteiger partial charge in [-0.1, -0.05) is 78.9 Å². The predicted octanol–water partition coefficient (Wildman–Crippen LogP) is 5.10. The molecule has 5 heteroatoms. The van der Waals surface area contributed by atoms with Crippen LogP contribution in [0.15, 0.2) is 102 Å². The minimum atomic E-state index is -3.31. The molecule has 0 saturated carbocycles. The van der Waals surface area contributed by atoms with Gasteiger partial charge < -0.3 is 4.57 Å². The fourth-order valence-electron chi connectivity index (χ4n) is 3.23. The number of Topliss-reactive ketones (excluding diaryl/α,β-unsaturated/α-hetero) is 1.